The molecule has 1 aromatic rings. The molecule has 0 radical (unpaired) electrons. The van der Waals surface area contributed by atoms with Crippen molar-refractivity contribution in [1.29, 1.82) is 5.26 Å². The van der Waals surface area contributed by atoms with Gasteiger partial charge in [0.05, 0.1) is 5.69 Å². The zero-order chi connectivity index (χ0) is 9.54. The first-order chi connectivity index (χ1) is 6.88. The topological polar surface area (TPSA) is 41.6 Å². The maximum atomic E-state index is 9.09. The van der Waals surface area contributed by atoms with Crippen molar-refractivity contribution in [3.63, 3.8) is 0 Å². The third-order valence-corrected chi connectivity index (χ3v) is 3.21. The van der Waals surface area contributed by atoms with Gasteiger partial charge >= 0.3 is 0 Å². The number of aryl methyl sites for hydroxylation is 1. The minimum absolute atomic E-state index is 0.794. The van der Waals surface area contributed by atoms with Crippen LogP contribution >= 0.6 is 0 Å². The van der Waals surface area contributed by atoms with Crippen LogP contribution in [0.4, 0.5) is 0 Å². The summed E-state index contributed by atoms with van der Waals surface area (Å²) in [6, 6.07) is 2.31. The van der Waals surface area contributed by atoms with E-state index in [2.05, 4.69) is 11.2 Å². The van der Waals surface area contributed by atoms with Crippen molar-refractivity contribution >= 4 is 0 Å². The SMILES string of the molecule is N#Cc1c2c(nn1CC1CC1)CCC2. The first-order valence-corrected chi connectivity index (χ1v) is 5.37. The fourth-order valence-electron chi connectivity index (χ4n) is 2.25. The van der Waals surface area contributed by atoms with Crippen LogP contribution in [0.2, 0.25) is 0 Å². The molecule has 1 fully saturated rings. The molecule has 0 spiro atoms. The smallest absolute Gasteiger partial charge is 0.141 e. The Morgan fingerprint density at radius 3 is 3.00 bits per heavy atom. The highest BCUT2D eigenvalue weighted by molar-refractivity contribution is 5.38. The van der Waals surface area contributed by atoms with Crippen LogP contribution in [-0.2, 0) is 19.4 Å². The Hall–Kier alpha value is -1.30. The second-order valence-electron chi connectivity index (χ2n) is 4.36. The molecule has 1 aromatic heterocycles. The van der Waals surface area contributed by atoms with Crippen molar-refractivity contribution in [3.8, 4) is 6.07 Å². The summed E-state index contributed by atoms with van der Waals surface area (Å²) in [5, 5.41) is 13.6. The summed E-state index contributed by atoms with van der Waals surface area (Å²) in [7, 11) is 0. The van der Waals surface area contributed by atoms with Crippen LogP contribution in [0.3, 0.4) is 0 Å². The van der Waals surface area contributed by atoms with Gasteiger partial charge in [0.1, 0.15) is 11.8 Å². The van der Waals surface area contributed by atoms with Crippen molar-refractivity contribution < 1.29 is 0 Å². The van der Waals surface area contributed by atoms with E-state index in [1.54, 1.807) is 0 Å². The number of hydrogen-bond donors (Lipinski definition) is 0. The molecule has 0 atom stereocenters. The largest absolute Gasteiger partial charge is 0.254 e. The van der Waals surface area contributed by atoms with Gasteiger partial charge in [-0.3, -0.25) is 4.68 Å². The second-order valence-corrected chi connectivity index (χ2v) is 4.36. The van der Waals surface area contributed by atoms with E-state index in [0.29, 0.717) is 0 Å². The third kappa shape index (κ3) is 1.14. The van der Waals surface area contributed by atoms with Crippen LogP contribution in [0.5, 0.6) is 0 Å². The predicted molar refractivity (Wildman–Crippen MR) is 51.7 cm³/mol. The Balaban J connectivity index is 1.98. The number of nitriles is 1. The van der Waals surface area contributed by atoms with Crippen molar-refractivity contribution in [3.05, 3.63) is 17.0 Å². The molecule has 0 aromatic carbocycles. The maximum absolute atomic E-state index is 9.09. The fourth-order valence-corrected chi connectivity index (χ4v) is 2.25. The molecule has 3 heteroatoms. The molecular weight excluding hydrogens is 174 g/mol. The zero-order valence-corrected chi connectivity index (χ0v) is 8.16. The van der Waals surface area contributed by atoms with Gasteiger partial charge < -0.3 is 0 Å². The van der Waals surface area contributed by atoms with Crippen molar-refractivity contribution in [2.45, 2.75) is 38.6 Å². The van der Waals surface area contributed by atoms with Gasteiger partial charge in [-0.2, -0.15) is 10.4 Å². The number of hydrogen-bond acceptors (Lipinski definition) is 2. The summed E-state index contributed by atoms with van der Waals surface area (Å²) in [4.78, 5) is 0. The number of aromatic nitrogens is 2. The van der Waals surface area contributed by atoms with Gasteiger partial charge in [0, 0.05) is 12.1 Å². The third-order valence-electron chi connectivity index (χ3n) is 3.21. The Bertz CT molecular complexity index is 407. The Morgan fingerprint density at radius 2 is 2.29 bits per heavy atom. The molecule has 0 N–H and O–H groups in total. The maximum Gasteiger partial charge on any atom is 0.141 e. The van der Waals surface area contributed by atoms with E-state index >= 15 is 0 Å². The van der Waals surface area contributed by atoms with E-state index in [4.69, 9.17) is 5.26 Å². The molecule has 72 valence electrons. The first-order valence-electron chi connectivity index (χ1n) is 5.37. The van der Waals surface area contributed by atoms with Crippen molar-refractivity contribution in [2.24, 2.45) is 5.92 Å². The lowest BCUT2D eigenvalue weighted by Crippen LogP contribution is -2.06. The second kappa shape index (κ2) is 2.84. The van der Waals surface area contributed by atoms with E-state index in [0.717, 1.165) is 31.0 Å². The summed E-state index contributed by atoms with van der Waals surface area (Å²) in [6.07, 6.45) is 5.94. The fraction of sp³-hybridized carbons (Fsp3) is 0.636. The highest BCUT2D eigenvalue weighted by Gasteiger charge is 2.27. The van der Waals surface area contributed by atoms with Crippen LogP contribution in [0.25, 0.3) is 0 Å². The minimum Gasteiger partial charge on any atom is -0.254 e. The minimum atomic E-state index is 0.794. The van der Waals surface area contributed by atoms with Gasteiger partial charge in [0.25, 0.3) is 0 Å². The summed E-state index contributed by atoms with van der Waals surface area (Å²) in [5.74, 6) is 0.794. The molecule has 0 saturated heterocycles. The van der Waals surface area contributed by atoms with Crippen LogP contribution in [-0.4, -0.2) is 9.78 Å². The summed E-state index contributed by atoms with van der Waals surface area (Å²) >= 11 is 0. The van der Waals surface area contributed by atoms with Gasteiger partial charge in [-0.1, -0.05) is 0 Å². The zero-order valence-electron chi connectivity index (χ0n) is 8.16. The number of rotatable bonds is 2. The Morgan fingerprint density at radius 1 is 1.43 bits per heavy atom. The molecule has 0 unspecified atom stereocenters. The molecule has 3 rings (SSSR count). The predicted octanol–water partition coefficient (Wildman–Crippen LogP) is 1.65. The monoisotopic (exact) mass is 187 g/mol. The Kier molecular flexibility index (Phi) is 1.63. The molecule has 3 nitrogen and oxygen atoms in total. The van der Waals surface area contributed by atoms with Crippen LogP contribution in [0, 0.1) is 17.2 Å². The molecule has 0 amide bonds. The van der Waals surface area contributed by atoms with Crippen LogP contribution in [0.15, 0.2) is 0 Å². The number of nitrogens with zero attached hydrogens (tertiary/aromatic N) is 3. The molecular formula is C11H13N3. The van der Waals surface area contributed by atoms with Gasteiger partial charge in [-0.05, 0) is 38.0 Å². The van der Waals surface area contributed by atoms with Gasteiger partial charge in [0.15, 0.2) is 0 Å². The Labute approximate surface area is 83.3 Å². The molecule has 2 aliphatic carbocycles. The van der Waals surface area contributed by atoms with Crippen molar-refractivity contribution in [1.82, 2.24) is 9.78 Å². The van der Waals surface area contributed by atoms with Gasteiger partial charge in [-0.15, -0.1) is 0 Å². The highest BCUT2D eigenvalue weighted by Crippen LogP contribution is 2.32. The summed E-state index contributed by atoms with van der Waals surface area (Å²) in [5.41, 5.74) is 3.25. The van der Waals surface area contributed by atoms with E-state index in [9.17, 15) is 0 Å². The lowest BCUT2D eigenvalue weighted by Gasteiger charge is -2.01. The van der Waals surface area contributed by atoms with Gasteiger partial charge in [-0.25, -0.2) is 0 Å². The lowest BCUT2D eigenvalue weighted by atomic mass is 10.2. The molecule has 1 heterocycles. The van der Waals surface area contributed by atoms with E-state index in [1.165, 1.54) is 30.5 Å². The quantitative estimate of drug-likeness (QED) is 0.706. The summed E-state index contributed by atoms with van der Waals surface area (Å²) < 4.78 is 1.95. The number of fused-ring (bicyclic) bond motifs is 1. The normalized spacial score (nSPS) is 19.4. The van der Waals surface area contributed by atoms with E-state index in [1.807, 2.05) is 4.68 Å². The van der Waals surface area contributed by atoms with E-state index in [-0.39, 0.29) is 0 Å². The lowest BCUT2D eigenvalue weighted by molar-refractivity contribution is 0.548. The first kappa shape index (κ1) is 8.05. The van der Waals surface area contributed by atoms with E-state index < -0.39 is 0 Å². The molecule has 0 bridgehead atoms. The van der Waals surface area contributed by atoms with Crippen molar-refractivity contribution in [2.75, 3.05) is 0 Å². The summed E-state index contributed by atoms with van der Waals surface area (Å²) in [6.45, 7) is 0.968. The molecule has 0 aliphatic heterocycles. The standard InChI is InChI=1S/C11H13N3/c12-6-11-9-2-1-3-10(9)13-14(11)7-8-4-5-8/h8H,1-5,7H2. The van der Waals surface area contributed by atoms with Crippen LogP contribution < -0.4 is 0 Å². The highest BCUT2D eigenvalue weighted by atomic mass is 15.3. The van der Waals surface area contributed by atoms with Gasteiger partial charge in [0.2, 0.25) is 0 Å². The average Bonchev–Trinajstić information content (AvgIpc) is 2.74. The molecule has 14 heavy (non-hydrogen) atoms. The molecule has 1 saturated carbocycles. The average molecular weight is 187 g/mol. The molecule has 2 aliphatic rings. The van der Waals surface area contributed by atoms with Crippen LogP contribution in [0.1, 0.15) is 36.2 Å².